The zero-order valence-electron chi connectivity index (χ0n) is 19.1. The van der Waals surface area contributed by atoms with E-state index in [1.54, 1.807) is 67.6 Å². The van der Waals surface area contributed by atoms with Crippen LogP contribution in [-0.2, 0) is 9.59 Å². The second-order valence-corrected chi connectivity index (χ2v) is 7.52. The summed E-state index contributed by atoms with van der Waals surface area (Å²) in [6.07, 6.45) is 0. The van der Waals surface area contributed by atoms with Gasteiger partial charge in [0.25, 0.3) is 0 Å². The van der Waals surface area contributed by atoms with E-state index in [4.69, 9.17) is 25.8 Å². The molecule has 0 aliphatic heterocycles. The third kappa shape index (κ3) is 6.81. The van der Waals surface area contributed by atoms with Gasteiger partial charge in [0.05, 0.1) is 31.2 Å². The van der Waals surface area contributed by atoms with Crippen molar-refractivity contribution in [2.45, 2.75) is 6.92 Å². The molecule has 35 heavy (non-hydrogen) atoms. The van der Waals surface area contributed by atoms with Gasteiger partial charge in [-0.15, -0.1) is 0 Å². The Morgan fingerprint density at radius 1 is 0.829 bits per heavy atom. The number of nitrogens with one attached hydrogen (secondary N) is 2. The van der Waals surface area contributed by atoms with Crippen molar-refractivity contribution in [1.82, 2.24) is 5.43 Å². The number of esters is 1. The molecule has 0 saturated carbocycles. The molecule has 0 saturated heterocycles. The van der Waals surface area contributed by atoms with Crippen molar-refractivity contribution in [3.05, 3.63) is 82.9 Å². The zero-order chi connectivity index (χ0) is 25.4. The van der Waals surface area contributed by atoms with Crippen molar-refractivity contribution >= 4 is 40.8 Å². The standard InChI is InChI=1S/C25H22ClN3O6/c1-15(28-29-24(31)23(30)27-21-14-18(26)9-12-22(21)34-3)16-7-10-19(11-8-16)35-25(32)17-5-4-6-20(13-17)33-2/h4-14H,1-3H3,(H,27,30)(H,29,31)/b28-15+. The van der Waals surface area contributed by atoms with Crippen molar-refractivity contribution in [1.29, 1.82) is 0 Å². The zero-order valence-corrected chi connectivity index (χ0v) is 19.9. The summed E-state index contributed by atoms with van der Waals surface area (Å²) >= 11 is 5.93. The van der Waals surface area contributed by atoms with Gasteiger partial charge in [-0.05, 0) is 73.2 Å². The molecular formula is C25H22ClN3O6. The molecule has 0 aromatic heterocycles. The van der Waals surface area contributed by atoms with Gasteiger partial charge >= 0.3 is 17.8 Å². The van der Waals surface area contributed by atoms with E-state index in [1.807, 2.05) is 0 Å². The lowest BCUT2D eigenvalue weighted by atomic mass is 10.1. The van der Waals surface area contributed by atoms with Crippen LogP contribution >= 0.6 is 11.6 Å². The van der Waals surface area contributed by atoms with Gasteiger partial charge in [0.15, 0.2) is 0 Å². The highest BCUT2D eigenvalue weighted by Gasteiger charge is 2.16. The van der Waals surface area contributed by atoms with Crippen molar-refractivity contribution < 1.29 is 28.6 Å². The van der Waals surface area contributed by atoms with Gasteiger partial charge in [-0.2, -0.15) is 5.10 Å². The minimum atomic E-state index is -0.977. The maximum absolute atomic E-state index is 12.3. The van der Waals surface area contributed by atoms with Crippen LogP contribution in [0.2, 0.25) is 5.02 Å². The number of rotatable bonds is 7. The Morgan fingerprint density at radius 2 is 1.57 bits per heavy atom. The molecule has 3 aromatic rings. The second-order valence-electron chi connectivity index (χ2n) is 7.08. The molecule has 10 heteroatoms. The molecule has 180 valence electrons. The fourth-order valence-corrected chi connectivity index (χ4v) is 3.06. The van der Waals surface area contributed by atoms with E-state index in [2.05, 4.69) is 15.8 Å². The topological polar surface area (TPSA) is 115 Å². The number of hydrogen-bond acceptors (Lipinski definition) is 7. The van der Waals surface area contributed by atoms with Gasteiger partial charge < -0.3 is 19.5 Å². The predicted octanol–water partition coefficient (Wildman–Crippen LogP) is 4.06. The number of nitrogens with zero attached hydrogens (tertiary/aromatic N) is 1. The van der Waals surface area contributed by atoms with E-state index < -0.39 is 17.8 Å². The first-order valence-electron chi connectivity index (χ1n) is 10.3. The van der Waals surface area contributed by atoms with Crippen LogP contribution in [0.25, 0.3) is 0 Å². The molecule has 0 heterocycles. The Morgan fingerprint density at radius 3 is 2.26 bits per heavy atom. The largest absolute Gasteiger partial charge is 0.497 e. The minimum Gasteiger partial charge on any atom is -0.497 e. The number of methoxy groups -OCH3 is 2. The maximum atomic E-state index is 12.3. The van der Waals surface area contributed by atoms with Crippen LogP contribution in [-0.4, -0.2) is 37.7 Å². The predicted molar refractivity (Wildman–Crippen MR) is 131 cm³/mol. The van der Waals surface area contributed by atoms with E-state index >= 15 is 0 Å². The van der Waals surface area contributed by atoms with Crippen LogP contribution in [0.3, 0.4) is 0 Å². The fraction of sp³-hybridized carbons (Fsp3) is 0.120. The highest BCUT2D eigenvalue weighted by molar-refractivity contribution is 6.40. The molecule has 0 fully saturated rings. The summed E-state index contributed by atoms with van der Waals surface area (Å²) in [6, 6.07) is 17.7. The number of hydrazone groups is 1. The average molecular weight is 496 g/mol. The Hall–Kier alpha value is -4.37. The summed E-state index contributed by atoms with van der Waals surface area (Å²) in [5, 5.41) is 6.75. The van der Waals surface area contributed by atoms with E-state index in [0.717, 1.165) is 0 Å². The molecule has 3 aromatic carbocycles. The number of carbonyl (C=O) groups excluding carboxylic acids is 3. The van der Waals surface area contributed by atoms with Crippen molar-refractivity contribution in [2.24, 2.45) is 5.10 Å². The number of ether oxygens (including phenoxy) is 3. The molecule has 0 radical (unpaired) electrons. The maximum Gasteiger partial charge on any atom is 0.343 e. The van der Waals surface area contributed by atoms with Gasteiger partial charge in [0.2, 0.25) is 0 Å². The fourth-order valence-electron chi connectivity index (χ4n) is 2.89. The number of amides is 2. The number of carbonyl (C=O) groups is 3. The number of anilines is 1. The van der Waals surface area contributed by atoms with Crippen molar-refractivity contribution in [3.63, 3.8) is 0 Å². The van der Waals surface area contributed by atoms with Crippen LogP contribution in [0.5, 0.6) is 17.2 Å². The lowest BCUT2D eigenvalue weighted by Gasteiger charge is -2.10. The third-order valence-corrected chi connectivity index (χ3v) is 4.96. The van der Waals surface area contributed by atoms with Gasteiger partial charge in [-0.1, -0.05) is 17.7 Å². The normalized spacial score (nSPS) is 10.8. The SMILES string of the molecule is COc1cccc(C(=O)Oc2ccc(/C(C)=N/NC(=O)C(=O)Nc3cc(Cl)ccc3OC)cc2)c1. The van der Waals surface area contributed by atoms with Crippen molar-refractivity contribution in [3.8, 4) is 17.2 Å². The third-order valence-electron chi connectivity index (χ3n) is 4.73. The molecule has 0 atom stereocenters. The van der Waals surface area contributed by atoms with Gasteiger partial charge in [-0.25, -0.2) is 10.2 Å². The second kappa shape index (κ2) is 11.7. The lowest BCUT2D eigenvalue weighted by Crippen LogP contribution is -2.33. The van der Waals surface area contributed by atoms with Gasteiger partial charge in [0, 0.05) is 5.02 Å². The monoisotopic (exact) mass is 495 g/mol. The Kier molecular flexibility index (Phi) is 8.42. The molecule has 0 unspecified atom stereocenters. The minimum absolute atomic E-state index is 0.250. The van der Waals surface area contributed by atoms with E-state index in [9.17, 15) is 14.4 Å². The summed E-state index contributed by atoms with van der Waals surface area (Å²) in [7, 11) is 2.94. The van der Waals surface area contributed by atoms with Crippen molar-refractivity contribution in [2.75, 3.05) is 19.5 Å². The van der Waals surface area contributed by atoms with Crippen LogP contribution < -0.4 is 25.0 Å². The van der Waals surface area contributed by atoms with Gasteiger partial charge in [0.1, 0.15) is 17.2 Å². The molecule has 0 aliphatic rings. The number of halogens is 1. The molecule has 9 nitrogen and oxygen atoms in total. The summed E-state index contributed by atoms with van der Waals surface area (Å²) in [6.45, 7) is 1.65. The average Bonchev–Trinajstić information content (AvgIpc) is 2.87. The van der Waals surface area contributed by atoms with E-state index in [-0.39, 0.29) is 5.69 Å². The first-order chi connectivity index (χ1) is 16.8. The van der Waals surface area contributed by atoms with Gasteiger partial charge in [-0.3, -0.25) is 9.59 Å². The molecule has 0 spiro atoms. The molecular weight excluding hydrogens is 474 g/mol. The van der Waals surface area contributed by atoms with E-state index in [0.29, 0.717) is 39.1 Å². The summed E-state index contributed by atoms with van der Waals surface area (Å²) in [5.41, 5.74) is 3.87. The summed E-state index contributed by atoms with van der Waals surface area (Å²) < 4.78 is 15.6. The molecule has 2 N–H and O–H groups in total. The highest BCUT2D eigenvalue weighted by Crippen LogP contribution is 2.27. The molecule has 0 bridgehead atoms. The highest BCUT2D eigenvalue weighted by atomic mass is 35.5. The Balaban J connectivity index is 1.59. The Bertz CT molecular complexity index is 1270. The molecule has 0 aliphatic carbocycles. The molecule has 3 rings (SSSR count). The van der Waals surface area contributed by atoms with Crippen LogP contribution in [0.15, 0.2) is 71.8 Å². The van der Waals surface area contributed by atoms with E-state index in [1.165, 1.54) is 20.3 Å². The smallest absolute Gasteiger partial charge is 0.343 e. The van der Waals surface area contributed by atoms with Crippen LogP contribution in [0, 0.1) is 0 Å². The number of benzene rings is 3. The molecule has 2 amide bonds. The first-order valence-corrected chi connectivity index (χ1v) is 10.6. The first kappa shape index (κ1) is 25.3. The summed E-state index contributed by atoms with van der Waals surface area (Å²) in [4.78, 5) is 36.7. The summed E-state index contributed by atoms with van der Waals surface area (Å²) in [5.74, 6) is -1.23. The Labute approximate surface area is 206 Å². The quantitative estimate of drug-likeness (QED) is 0.168. The van der Waals surface area contributed by atoms with Crippen LogP contribution in [0.1, 0.15) is 22.8 Å². The van der Waals surface area contributed by atoms with Crippen LogP contribution in [0.4, 0.5) is 5.69 Å². The number of hydrogen-bond donors (Lipinski definition) is 2. The lowest BCUT2D eigenvalue weighted by molar-refractivity contribution is -0.136.